The Morgan fingerprint density at radius 3 is 2.38 bits per heavy atom. The van der Waals surface area contributed by atoms with E-state index in [1.54, 1.807) is 7.11 Å². The maximum Gasteiger partial charge on any atom is 0.118 e. The first kappa shape index (κ1) is 18.0. The van der Waals surface area contributed by atoms with Crippen molar-refractivity contribution in [2.75, 3.05) is 26.8 Å². The van der Waals surface area contributed by atoms with Crippen LogP contribution >= 0.6 is 0 Å². The molecule has 4 heteroatoms. The Morgan fingerprint density at radius 1 is 1.19 bits per heavy atom. The minimum Gasteiger partial charge on any atom is -0.497 e. The van der Waals surface area contributed by atoms with Crippen LogP contribution in [0.2, 0.25) is 0 Å². The van der Waals surface area contributed by atoms with Crippen LogP contribution in [0.1, 0.15) is 32.8 Å². The van der Waals surface area contributed by atoms with Crippen molar-refractivity contribution in [3.63, 3.8) is 0 Å². The minimum absolute atomic E-state index is 0.154. The van der Waals surface area contributed by atoms with E-state index >= 15 is 0 Å². The normalized spacial score (nSPS) is 12.9. The predicted molar refractivity (Wildman–Crippen MR) is 85.7 cm³/mol. The van der Waals surface area contributed by atoms with Crippen molar-refractivity contribution in [2.24, 2.45) is 0 Å². The van der Waals surface area contributed by atoms with Gasteiger partial charge in [0, 0.05) is 13.1 Å². The zero-order valence-electron chi connectivity index (χ0n) is 13.7. The van der Waals surface area contributed by atoms with Gasteiger partial charge < -0.3 is 14.6 Å². The first-order valence-electron chi connectivity index (χ1n) is 7.70. The summed E-state index contributed by atoms with van der Waals surface area (Å²) in [6.45, 7) is 8.92. The fourth-order valence-electron chi connectivity index (χ4n) is 2.19. The highest BCUT2D eigenvalue weighted by atomic mass is 16.5. The number of benzene rings is 1. The van der Waals surface area contributed by atoms with Gasteiger partial charge in [-0.3, -0.25) is 4.90 Å². The molecule has 0 radical (unpaired) electrons. The van der Waals surface area contributed by atoms with E-state index in [9.17, 15) is 5.11 Å². The standard InChI is InChI=1S/C17H29NO3/c1-5-10-18(12-16(19)13-21-14(2)3)11-15-6-8-17(20-4)9-7-15/h6-9,14,16,19H,5,10-13H2,1-4H3/t16-/m0/s1. The van der Waals surface area contributed by atoms with E-state index in [1.807, 2.05) is 26.0 Å². The second-order valence-corrected chi connectivity index (χ2v) is 5.62. The van der Waals surface area contributed by atoms with Crippen LogP contribution < -0.4 is 4.74 Å². The fourth-order valence-corrected chi connectivity index (χ4v) is 2.19. The van der Waals surface area contributed by atoms with E-state index in [1.165, 1.54) is 5.56 Å². The predicted octanol–water partition coefficient (Wildman–Crippen LogP) is 2.69. The van der Waals surface area contributed by atoms with Crippen LogP contribution in [0.4, 0.5) is 0 Å². The second kappa shape index (κ2) is 9.77. The Bertz CT molecular complexity index is 378. The van der Waals surface area contributed by atoms with E-state index < -0.39 is 6.10 Å². The molecular formula is C17H29NO3. The first-order valence-corrected chi connectivity index (χ1v) is 7.70. The van der Waals surface area contributed by atoms with Gasteiger partial charge >= 0.3 is 0 Å². The Morgan fingerprint density at radius 2 is 1.86 bits per heavy atom. The van der Waals surface area contributed by atoms with Crippen molar-refractivity contribution in [2.45, 2.75) is 45.9 Å². The molecule has 1 aromatic rings. The maximum absolute atomic E-state index is 10.1. The molecule has 0 aliphatic carbocycles. The van der Waals surface area contributed by atoms with E-state index in [0.29, 0.717) is 13.2 Å². The molecular weight excluding hydrogens is 266 g/mol. The summed E-state index contributed by atoms with van der Waals surface area (Å²) >= 11 is 0. The molecule has 1 rings (SSSR count). The van der Waals surface area contributed by atoms with E-state index in [4.69, 9.17) is 9.47 Å². The van der Waals surface area contributed by atoms with Gasteiger partial charge in [0.1, 0.15) is 5.75 Å². The third-order valence-electron chi connectivity index (χ3n) is 3.20. The van der Waals surface area contributed by atoms with E-state index in [-0.39, 0.29) is 6.10 Å². The molecule has 1 atom stereocenters. The average molecular weight is 295 g/mol. The second-order valence-electron chi connectivity index (χ2n) is 5.62. The van der Waals surface area contributed by atoms with Gasteiger partial charge in [0.2, 0.25) is 0 Å². The maximum atomic E-state index is 10.1. The lowest BCUT2D eigenvalue weighted by Crippen LogP contribution is -2.35. The molecule has 1 N–H and O–H groups in total. The van der Waals surface area contributed by atoms with Crippen molar-refractivity contribution < 1.29 is 14.6 Å². The van der Waals surface area contributed by atoms with E-state index in [0.717, 1.165) is 25.3 Å². The third-order valence-corrected chi connectivity index (χ3v) is 3.20. The molecule has 0 bridgehead atoms. The van der Waals surface area contributed by atoms with Gasteiger partial charge in [0.05, 0.1) is 25.9 Å². The molecule has 0 saturated carbocycles. The van der Waals surface area contributed by atoms with E-state index in [2.05, 4.69) is 24.0 Å². The number of nitrogens with zero attached hydrogens (tertiary/aromatic N) is 1. The van der Waals surface area contributed by atoms with Crippen LogP contribution in [-0.4, -0.2) is 49.0 Å². The average Bonchev–Trinajstić information content (AvgIpc) is 2.46. The number of rotatable bonds is 10. The van der Waals surface area contributed by atoms with Gasteiger partial charge in [0.25, 0.3) is 0 Å². The Hall–Kier alpha value is -1.10. The summed E-state index contributed by atoms with van der Waals surface area (Å²) in [5, 5.41) is 10.1. The van der Waals surface area contributed by atoms with Gasteiger partial charge in [-0.15, -0.1) is 0 Å². The molecule has 0 spiro atoms. The van der Waals surface area contributed by atoms with Gasteiger partial charge in [0.15, 0.2) is 0 Å². The number of ether oxygens (including phenoxy) is 2. The quantitative estimate of drug-likeness (QED) is 0.720. The fraction of sp³-hybridized carbons (Fsp3) is 0.647. The lowest BCUT2D eigenvalue weighted by Gasteiger charge is -2.25. The summed E-state index contributed by atoms with van der Waals surface area (Å²) in [5.41, 5.74) is 1.22. The molecule has 0 aromatic heterocycles. The molecule has 0 aliphatic rings. The highest BCUT2D eigenvalue weighted by molar-refractivity contribution is 5.27. The highest BCUT2D eigenvalue weighted by Crippen LogP contribution is 2.13. The molecule has 0 heterocycles. The van der Waals surface area contributed by atoms with Crippen molar-refractivity contribution >= 4 is 0 Å². The van der Waals surface area contributed by atoms with Crippen LogP contribution in [0.25, 0.3) is 0 Å². The molecule has 21 heavy (non-hydrogen) atoms. The zero-order chi connectivity index (χ0) is 15.7. The summed E-state index contributed by atoms with van der Waals surface area (Å²) in [4.78, 5) is 2.26. The molecule has 120 valence electrons. The molecule has 0 aliphatic heterocycles. The zero-order valence-corrected chi connectivity index (χ0v) is 13.7. The number of methoxy groups -OCH3 is 1. The van der Waals surface area contributed by atoms with Crippen LogP contribution in [0.5, 0.6) is 5.75 Å². The monoisotopic (exact) mass is 295 g/mol. The van der Waals surface area contributed by atoms with Crippen molar-refractivity contribution in [3.8, 4) is 5.75 Å². The first-order chi connectivity index (χ1) is 10.0. The van der Waals surface area contributed by atoms with Crippen molar-refractivity contribution in [3.05, 3.63) is 29.8 Å². The van der Waals surface area contributed by atoms with Gasteiger partial charge in [-0.1, -0.05) is 19.1 Å². The molecule has 0 unspecified atom stereocenters. The summed E-state index contributed by atoms with van der Waals surface area (Å²) in [6, 6.07) is 8.08. The lowest BCUT2D eigenvalue weighted by atomic mass is 10.2. The van der Waals surface area contributed by atoms with Gasteiger partial charge in [-0.25, -0.2) is 0 Å². The van der Waals surface area contributed by atoms with Crippen LogP contribution in [0, 0.1) is 0 Å². The van der Waals surface area contributed by atoms with Gasteiger partial charge in [-0.05, 0) is 44.5 Å². The van der Waals surface area contributed by atoms with Crippen LogP contribution in [0.3, 0.4) is 0 Å². The Kier molecular flexibility index (Phi) is 8.35. The molecule has 1 aromatic carbocycles. The SMILES string of the molecule is CCCN(Cc1ccc(OC)cc1)C[C@H](O)COC(C)C. The smallest absolute Gasteiger partial charge is 0.118 e. The Labute approximate surface area is 128 Å². The molecule has 0 saturated heterocycles. The van der Waals surface area contributed by atoms with Gasteiger partial charge in [-0.2, -0.15) is 0 Å². The molecule has 0 amide bonds. The highest BCUT2D eigenvalue weighted by Gasteiger charge is 2.12. The lowest BCUT2D eigenvalue weighted by molar-refractivity contribution is -0.00949. The topological polar surface area (TPSA) is 41.9 Å². The van der Waals surface area contributed by atoms with Crippen LogP contribution in [-0.2, 0) is 11.3 Å². The summed E-state index contributed by atoms with van der Waals surface area (Å²) in [7, 11) is 1.67. The molecule has 4 nitrogen and oxygen atoms in total. The Balaban J connectivity index is 2.51. The van der Waals surface area contributed by atoms with Crippen molar-refractivity contribution in [1.29, 1.82) is 0 Å². The third kappa shape index (κ3) is 7.46. The summed E-state index contributed by atoms with van der Waals surface area (Å²) in [6.07, 6.45) is 0.770. The van der Waals surface area contributed by atoms with Crippen molar-refractivity contribution in [1.82, 2.24) is 4.90 Å². The number of aliphatic hydroxyl groups excluding tert-OH is 1. The number of hydrogen-bond donors (Lipinski definition) is 1. The largest absolute Gasteiger partial charge is 0.497 e. The number of aliphatic hydroxyl groups is 1. The van der Waals surface area contributed by atoms with Crippen LogP contribution in [0.15, 0.2) is 24.3 Å². The summed E-state index contributed by atoms with van der Waals surface area (Å²) < 4.78 is 10.6. The number of hydrogen-bond acceptors (Lipinski definition) is 4. The molecule has 0 fully saturated rings. The minimum atomic E-state index is -0.447. The summed E-state index contributed by atoms with van der Waals surface area (Å²) in [5.74, 6) is 0.867.